The van der Waals surface area contributed by atoms with E-state index in [1.54, 1.807) is 40.0 Å². The highest BCUT2D eigenvalue weighted by Crippen LogP contribution is 2.22. The molecule has 0 aliphatic carbocycles. The van der Waals surface area contributed by atoms with Crippen LogP contribution >= 0.6 is 11.6 Å². The van der Waals surface area contributed by atoms with Gasteiger partial charge >= 0.3 is 6.09 Å². The number of hydrogen-bond acceptors (Lipinski definition) is 3. The van der Waals surface area contributed by atoms with E-state index >= 15 is 0 Å². The SMILES string of the molecule is Cc1cc(N(C)C(=O)[C@H](Cc2ccccc2)NC(=O)OC(C)(C)C)ccc1Cl. The smallest absolute Gasteiger partial charge is 0.408 e. The molecule has 1 N–H and O–H groups in total. The monoisotopic (exact) mass is 402 g/mol. The van der Waals surface area contributed by atoms with Crippen LogP contribution in [0.2, 0.25) is 5.02 Å². The third-order valence-corrected chi connectivity index (χ3v) is 4.56. The summed E-state index contributed by atoms with van der Waals surface area (Å²) in [5.41, 5.74) is 1.87. The zero-order chi connectivity index (χ0) is 20.9. The number of halogens is 1. The quantitative estimate of drug-likeness (QED) is 0.785. The summed E-state index contributed by atoms with van der Waals surface area (Å²) < 4.78 is 5.34. The average molecular weight is 403 g/mol. The summed E-state index contributed by atoms with van der Waals surface area (Å²) in [5, 5.41) is 3.36. The van der Waals surface area contributed by atoms with Crippen LogP contribution in [-0.2, 0) is 16.0 Å². The van der Waals surface area contributed by atoms with E-state index in [1.807, 2.05) is 43.3 Å². The van der Waals surface area contributed by atoms with Crippen LogP contribution < -0.4 is 10.2 Å². The summed E-state index contributed by atoms with van der Waals surface area (Å²) >= 11 is 6.09. The van der Waals surface area contributed by atoms with Gasteiger partial charge in [0.15, 0.2) is 0 Å². The van der Waals surface area contributed by atoms with Crippen molar-refractivity contribution in [1.29, 1.82) is 0 Å². The van der Waals surface area contributed by atoms with Gasteiger partial charge in [-0.2, -0.15) is 0 Å². The number of amides is 2. The molecule has 28 heavy (non-hydrogen) atoms. The summed E-state index contributed by atoms with van der Waals surface area (Å²) in [6, 6.07) is 14.2. The van der Waals surface area contributed by atoms with E-state index in [-0.39, 0.29) is 5.91 Å². The fraction of sp³-hybridized carbons (Fsp3) is 0.364. The molecule has 0 unspecified atom stereocenters. The van der Waals surface area contributed by atoms with E-state index in [9.17, 15) is 9.59 Å². The molecule has 0 aliphatic rings. The van der Waals surface area contributed by atoms with Gasteiger partial charge in [0, 0.05) is 24.2 Å². The fourth-order valence-corrected chi connectivity index (χ4v) is 2.82. The Morgan fingerprint density at radius 3 is 2.36 bits per heavy atom. The van der Waals surface area contributed by atoms with Crippen molar-refractivity contribution in [3.63, 3.8) is 0 Å². The van der Waals surface area contributed by atoms with Crippen molar-refractivity contribution < 1.29 is 14.3 Å². The molecule has 0 aromatic heterocycles. The summed E-state index contributed by atoms with van der Waals surface area (Å²) in [5.74, 6) is -0.239. The number of ether oxygens (including phenoxy) is 1. The lowest BCUT2D eigenvalue weighted by Crippen LogP contribution is -2.50. The lowest BCUT2D eigenvalue weighted by molar-refractivity contribution is -0.120. The molecular formula is C22H27ClN2O3. The van der Waals surface area contributed by atoms with Crippen molar-refractivity contribution in [3.8, 4) is 0 Å². The molecule has 150 valence electrons. The number of hydrogen-bond donors (Lipinski definition) is 1. The predicted molar refractivity (Wildman–Crippen MR) is 113 cm³/mol. The molecule has 0 spiro atoms. The van der Waals surface area contributed by atoms with Gasteiger partial charge in [0.2, 0.25) is 5.91 Å². The van der Waals surface area contributed by atoms with Crippen molar-refractivity contribution in [3.05, 3.63) is 64.7 Å². The molecule has 0 radical (unpaired) electrons. The van der Waals surface area contributed by atoms with Crippen LogP contribution in [0, 0.1) is 6.92 Å². The maximum Gasteiger partial charge on any atom is 0.408 e. The zero-order valence-electron chi connectivity index (χ0n) is 17.0. The first kappa shape index (κ1) is 21.8. The molecule has 2 rings (SSSR count). The molecule has 0 bridgehead atoms. The largest absolute Gasteiger partial charge is 0.444 e. The van der Waals surface area contributed by atoms with Gasteiger partial charge in [0.05, 0.1) is 0 Å². The summed E-state index contributed by atoms with van der Waals surface area (Å²) in [7, 11) is 1.68. The molecule has 1 atom stereocenters. The summed E-state index contributed by atoms with van der Waals surface area (Å²) in [6.45, 7) is 7.22. The molecular weight excluding hydrogens is 376 g/mol. The Morgan fingerprint density at radius 1 is 1.14 bits per heavy atom. The molecule has 2 aromatic rings. The second kappa shape index (κ2) is 9.11. The Labute approximate surface area is 171 Å². The van der Waals surface area contributed by atoms with Crippen molar-refractivity contribution in [1.82, 2.24) is 5.32 Å². The highest BCUT2D eigenvalue weighted by atomic mass is 35.5. The van der Waals surface area contributed by atoms with Crippen LogP contribution in [0.15, 0.2) is 48.5 Å². The first-order chi connectivity index (χ1) is 13.1. The fourth-order valence-electron chi connectivity index (χ4n) is 2.70. The number of nitrogens with zero attached hydrogens (tertiary/aromatic N) is 1. The van der Waals surface area contributed by atoms with Gasteiger partial charge in [-0.25, -0.2) is 4.79 Å². The number of aryl methyl sites for hydroxylation is 1. The van der Waals surface area contributed by atoms with Crippen LogP contribution in [0.5, 0.6) is 0 Å². The maximum absolute atomic E-state index is 13.2. The van der Waals surface area contributed by atoms with Gasteiger partial charge in [-0.05, 0) is 57.0 Å². The average Bonchev–Trinajstić information content (AvgIpc) is 2.61. The van der Waals surface area contributed by atoms with E-state index in [4.69, 9.17) is 16.3 Å². The van der Waals surface area contributed by atoms with E-state index in [0.29, 0.717) is 17.1 Å². The van der Waals surface area contributed by atoms with Gasteiger partial charge in [0.25, 0.3) is 0 Å². The van der Waals surface area contributed by atoms with Crippen LogP contribution in [-0.4, -0.2) is 30.7 Å². The Bertz CT molecular complexity index is 831. The molecule has 2 amide bonds. The van der Waals surface area contributed by atoms with Crippen molar-refractivity contribution in [2.75, 3.05) is 11.9 Å². The van der Waals surface area contributed by atoms with E-state index in [0.717, 1.165) is 11.1 Å². The number of benzene rings is 2. The second-order valence-electron chi connectivity index (χ2n) is 7.72. The highest BCUT2D eigenvalue weighted by Gasteiger charge is 2.27. The zero-order valence-corrected chi connectivity index (χ0v) is 17.7. The minimum Gasteiger partial charge on any atom is -0.444 e. The molecule has 0 fully saturated rings. The van der Waals surface area contributed by atoms with Gasteiger partial charge in [-0.1, -0.05) is 41.9 Å². The van der Waals surface area contributed by atoms with E-state index in [1.165, 1.54) is 4.90 Å². The van der Waals surface area contributed by atoms with Crippen molar-refractivity contribution >= 4 is 29.3 Å². The second-order valence-corrected chi connectivity index (χ2v) is 8.13. The van der Waals surface area contributed by atoms with Gasteiger partial charge in [-0.3, -0.25) is 4.79 Å². The predicted octanol–water partition coefficient (Wildman–Crippen LogP) is 4.75. The van der Waals surface area contributed by atoms with Crippen LogP contribution in [0.1, 0.15) is 31.9 Å². The standard InChI is InChI=1S/C22H27ClN2O3/c1-15-13-17(11-12-18(15)23)25(5)20(26)19(14-16-9-7-6-8-10-16)24-21(27)28-22(2,3)4/h6-13,19H,14H2,1-5H3,(H,24,27)/t19-/m0/s1. The molecule has 5 nitrogen and oxygen atoms in total. The minimum atomic E-state index is -0.766. The molecule has 0 saturated heterocycles. The normalized spacial score (nSPS) is 12.2. The molecule has 0 heterocycles. The Kier molecular flexibility index (Phi) is 7.08. The Balaban J connectivity index is 2.24. The summed E-state index contributed by atoms with van der Waals surface area (Å²) in [4.78, 5) is 27.0. The first-order valence-electron chi connectivity index (χ1n) is 9.14. The summed E-state index contributed by atoms with van der Waals surface area (Å²) in [6.07, 6.45) is -0.266. The van der Waals surface area contributed by atoms with Crippen LogP contribution in [0.25, 0.3) is 0 Å². The highest BCUT2D eigenvalue weighted by molar-refractivity contribution is 6.31. The maximum atomic E-state index is 13.2. The third kappa shape index (κ3) is 6.27. The van der Waals surface area contributed by atoms with Crippen molar-refractivity contribution in [2.45, 2.75) is 45.8 Å². The lowest BCUT2D eigenvalue weighted by atomic mass is 10.0. The first-order valence-corrected chi connectivity index (χ1v) is 9.52. The Morgan fingerprint density at radius 2 is 1.79 bits per heavy atom. The molecule has 0 aliphatic heterocycles. The van der Waals surface area contributed by atoms with Gasteiger partial charge < -0.3 is 15.0 Å². The van der Waals surface area contributed by atoms with E-state index in [2.05, 4.69) is 5.32 Å². The minimum absolute atomic E-state index is 0.239. The number of anilines is 1. The third-order valence-electron chi connectivity index (χ3n) is 4.13. The van der Waals surface area contributed by atoms with E-state index < -0.39 is 17.7 Å². The van der Waals surface area contributed by atoms with Gasteiger partial charge in [-0.15, -0.1) is 0 Å². The molecule has 6 heteroatoms. The molecule has 2 aromatic carbocycles. The Hall–Kier alpha value is -2.53. The number of nitrogens with one attached hydrogen (secondary N) is 1. The number of carbonyl (C=O) groups excluding carboxylic acids is 2. The number of likely N-dealkylation sites (N-methyl/N-ethyl adjacent to an activating group) is 1. The van der Waals surface area contributed by atoms with Gasteiger partial charge in [0.1, 0.15) is 11.6 Å². The van der Waals surface area contributed by atoms with Crippen molar-refractivity contribution in [2.24, 2.45) is 0 Å². The van der Waals surface area contributed by atoms with Crippen LogP contribution in [0.4, 0.5) is 10.5 Å². The number of alkyl carbamates (subject to hydrolysis) is 1. The van der Waals surface area contributed by atoms with Crippen LogP contribution in [0.3, 0.4) is 0 Å². The number of rotatable bonds is 5. The number of carbonyl (C=O) groups is 2. The topological polar surface area (TPSA) is 58.6 Å². The lowest BCUT2D eigenvalue weighted by Gasteiger charge is -2.27. The molecule has 0 saturated carbocycles.